The zero-order chi connectivity index (χ0) is 48.3. The fraction of sp³-hybridized carbons (Fsp3) is 0.0141. The minimum atomic E-state index is -0.463. The largest absolute Gasteiger partial charge is 0.456 e. The molecule has 0 amide bonds. The second-order valence-electron chi connectivity index (χ2n) is 19.2. The van der Waals surface area contributed by atoms with Crippen LogP contribution >= 0.6 is 0 Å². The molecule has 14 rings (SSSR count). The van der Waals surface area contributed by atoms with E-state index in [1.807, 2.05) is 12.1 Å². The Balaban J connectivity index is 0.861. The van der Waals surface area contributed by atoms with E-state index in [4.69, 9.17) is 4.42 Å². The Morgan fingerprint density at radius 3 is 1.45 bits per heavy atom. The fourth-order valence-corrected chi connectivity index (χ4v) is 11.7. The van der Waals surface area contributed by atoms with Crippen molar-refractivity contribution in [3.8, 4) is 55.6 Å². The maximum atomic E-state index is 6.31. The standard InChI is InChI=1S/C71H47NO/c1-4-15-48(16-5-1)49-27-29-50(30-28-49)53-31-32-55-46-61(43-37-54(55)45-53)72(59-39-33-51(34-40-59)56-38-44-64-63-21-11-13-26-68(63)73-69(64)47-56)60-41-35-52(36-42-60)62-23-14-25-67-70(62)65-22-10-12-24-66(65)71(67,57-17-6-2-7-18-57)58-19-8-3-9-20-58/h1-47H. The van der Waals surface area contributed by atoms with Crippen LogP contribution in [0.2, 0.25) is 0 Å². The van der Waals surface area contributed by atoms with Crippen LogP contribution in [0.5, 0.6) is 0 Å². The number of benzene rings is 12. The molecule has 1 aromatic heterocycles. The Morgan fingerprint density at radius 2 is 0.740 bits per heavy atom. The lowest BCUT2D eigenvalue weighted by Gasteiger charge is -2.34. The summed E-state index contributed by atoms with van der Waals surface area (Å²) in [7, 11) is 0. The summed E-state index contributed by atoms with van der Waals surface area (Å²) >= 11 is 0. The molecular weight excluding hydrogens is 883 g/mol. The molecule has 0 fully saturated rings. The van der Waals surface area contributed by atoms with Gasteiger partial charge in [-0.25, -0.2) is 0 Å². The van der Waals surface area contributed by atoms with Gasteiger partial charge in [0.1, 0.15) is 11.2 Å². The summed E-state index contributed by atoms with van der Waals surface area (Å²) < 4.78 is 6.31. The molecule has 0 unspecified atom stereocenters. The molecule has 0 atom stereocenters. The number of para-hydroxylation sites is 1. The molecule has 0 N–H and O–H groups in total. The summed E-state index contributed by atoms with van der Waals surface area (Å²) in [5, 5.41) is 4.64. The molecule has 13 aromatic rings. The summed E-state index contributed by atoms with van der Waals surface area (Å²) in [6.45, 7) is 0. The van der Waals surface area contributed by atoms with Gasteiger partial charge in [-0.2, -0.15) is 0 Å². The smallest absolute Gasteiger partial charge is 0.136 e. The van der Waals surface area contributed by atoms with E-state index < -0.39 is 5.41 Å². The van der Waals surface area contributed by atoms with Crippen LogP contribution < -0.4 is 4.90 Å². The average Bonchev–Trinajstić information content (AvgIpc) is 4.00. The summed E-state index contributed by atoms with van der Waals surface area (Å²) in [6, 6.07) is 104. The maximum absolute atomic E-state index is 6.31. The molecule has 0 saturated carbocycles. The molecule has 73 heavy (non-hydrogen) atoms. The van der Waals surface area contributed by atoms with Crippen molar-refractivity contribution in [3.63, 3.8) is 0 Å². The Bertz CT molecular complexity index is 4120. The first kappa shape index (κ1) is 42.4. The van der Waals surface area contributed by atoms with Gasteiger partial charge >= 0.3 is 0 Å². The topological polar surface area (TPSA) is 16.4 Å². The molecule has 1 aliphatic carbocycles. The summed E-state index contributed by atoms with van der Waals surface area (Å²) in [6.07, 6.45) is 0. The number of anilines is 3. The number of furan rings is 1. The highest BCUT2D eigenvalue weighted by atomic mass is 16.3. The second kappa shape index (κ2) is 17.4. The SMILES string of the molecule is c1ccc(-c2ccc(-c3ccc4cc(N(c5ccc(-c6ccc7c(c6)oc6ccccc67)cc5)c5ccc(-c6cccc7c6-c6ccccc6C7(c6ccccc6)c6ccccc6)cc5)ccc4c3)cc2)cc1. The van der Waals surface area contributed by atoms with Crippen molar-refractivity contribution in [2.45, 2.75) is 5.41 Å². The average molecular weight is 930 g/mol. The van der Waals surface area contributed by atoms with E-state index in [0.717, 1.165) is 50.1 Å². The van der Waals surface area contributed by atoms with E-state index in [1.165, 1.54) is 77.5 Å². The lowest BCUT2D eigenvalue weighted by molar-refractivity contribution is 0.669. The molecular formula is C71H47NO. The highest BCUT2D eigenvalue weighted by Gasteiger charge is 2.46. The van der Waals surface area contributed by atoms with Gasteiger partial charge in [-0.15, -0.1) is 0 Å². The first-order valence-electron chi connectivity index (χ1n) is 25.1. The van der Waals surface area contributed by atoms with Crippen molar-refractivity contribution in [3.05, 3.63) is 307 Å². The van der Waals surface area contributed by atoms with Gasteiger partial charge in [0.25, 0.3) is 0 Å². The minimum Gasteiger partial charge on any atom is -0.456 e. The molecule has 342 valence electrons. The van der Waals surface area contributed by atoms with Crippen LogP contribution in [0.1, 0.15) is 22.3 Å². The van der Waals surface area contributed by atoms with Crippen LogP contribution in [-0.4, -0.2) is 0 Å². The van der Waals surface area contributed by atoms with Crippen molar-refractivity contribution >= 4 is 49.8 Å². The zero-order valence-corrected chi connectivity index (χ0v) is 40.0. The van der Waals surface area contributed by atoms with Crippen LogP contribution in [-0.2, 0) is 5.41 Å². The maximum Gasteiger partial charge on any atom is 0.136 e. The molecule has 0 radical (unpaired) electrons. The molecule has 2 nitrogen and oxygen atoms in total. The summed E-state index contributed by atoms with van der Waals surface area (Å²) in [5.41, 5.74) is 21.7. The van der Waals surface area contributed by atoms with Crippen LogP contribution in [0.25, 0.3) is 88.3 Å². The molecule has 0 aliphatic heterocycles. The lowest BCUT2D eigenvalue weighted by Crippen LogP contribution is -2.28. The quantitative estimate of drug-likeness (QED) is 0.143. The third-order valence-electron chi connectivity index (χ3n) is 15.2. The van der Waals surface area contributed by atoms with Crippen molar-refractivity contribution in [2.24, 2.45) is 0 Å². The van der Waals surface area contributed by atoms with Gasteiger partial charge in [0, 0.05) is 27.8 Å². The van der Waals surface area contributed by atoms with Crippen LogP contribution in [0.15, 0.2) is 290 Å². The van der Waals surface area contributed by atoms with Crippen molar-refractivity contribution < 1.29 is 4.42 Å². The van der Waals surface area contributed by atoms with Crippen LogP contribution in [0.3, 0.4) is 0 Å². The summed E-state index contributed by atoms with van der Waals surface area (Å²) in [4.78, 5) is 2.38. The van der Waals surface area contributed by atoms with E-state index in [1.54, 1.807) is 0 Å². The number of nitrogens with zero attached hydrogens (tertiary/aromatic N) is 1. The number of hydrogen-bond acceptors (Lipinski definition) is 2. The molecule has 2 heteroatoms. The normalized spacial score (nSPS) is 12.5. The van der Waals surface area contributed by atoms with Gasteiger partial charge in [0.2, 0.25) is 0 Å². The first-order valence-corrected chi connectivity index (χ1v) is 25.1. The van der Waals surface area contributed by atoms with Gasteiger partial charge in [-0.1, -0.05) is 224 Å². The molecule has 12 aromatic carbocycles. The van der Waals surface area contributed by atoms with Gasteiger partial charge in [0.15, 0.2) is 0 Å². The molecule has 1 aliphatic rings. The molecule has 0 saturated heterocycles. The van der Waals surface area contributed by atoms with E-state index in [9.17, 15) is 0 Å². The predicted octanol–water partition coefficient (Wildman–Crippen LogP) is 19.2. The second-order valence-corrected chi connectivity index (χ2v) is 19.2. The number of hydrogen-bond donors (Lipinski definition) is 0. The monoisotopic (exact) mass is 929 g/mol. The highest BCUT2D eigenvalue weighted by molar-refractivity contribution is 6.06. The number of fused-ring (bicyclic) bond motifs is 7. The van der Waals surface area contributed by atoms with Crippen molar-refractivity contribution in [1.82, 2.24) is 0 Å². The Hall–Kier alpha value is -9.50. The Kier molecular flexibility index (Phi) is 10.1. The van der Waals surface area contributed by atoms with E-state index in [-0.39, 0.29) is 0 Å². The lowest BCUT2D eigenvalue weighted by atomic mass is 9.67. The highest BCUT2D eigenvalue weighted by Crippen LogP contribution is 2.58. The zero-order valence-electron chi connectivity index (χ0n) is 40.0. The first-order chi connectivity index (χ1) is 36.2. The van der Waals surface area contributed by atoms with Crippen molar-refractivity contribution in [2.75, 3.05) is 4.90 Å². The molecule has 0 spiro atoms. The third kappa shape index (κ3) is 7.10. The summed E-state index contributed by atoms with van der Waals surface area (Å²) in [5.74, 6) is 0. The fourth-order valence-electron chi connectivity index (χ4n) is 11.7. The van der Waals surface area contributed by atoms with E-state index >= 15 is 0 Å². The predicted molar refractivity (Wildman–Crippen MR) is 305 cm³/mol. The van der Waals surface area contributed by atoms with Crippen LogP contribution in [0.4, 0.5) is 17.1 Å². The van der Waals surface area contributed by atoms with Gasteiger partial charge in [-0.3, -0.25) is 0 Å². The van der Waals surface area contributed by atoms with Gasteiger partial charge < -0.3 is 9.32 Å². The van der Waals surface area contributed by atoms with Crippen molar-refractivity contribution in [1.29, 1.82) is 0 Å². The van der Waals surface area contributed by atoms with Gasteiger partial charge in [0.05, 0.1) is 5.41 Å². The Labute approximate surface area is 425 Å². The minimum absolute atomic E-state index is 0.463. The Morgan fingerprint density at radius 1 is 0.274 bits per heavy atom. The van der Waals surface area contributed by atoms with Gasteiger partial charge in [-0.05, 0) is 149 Å². The third-order valence-corrected chi connectivity index (χ3v) is 15.2. The van der Waals surface area contributed by atoms with Crippen LogP contribution in [0, 0.1) is 0 Å². The van der Waals surface area contributed by atoms with E-state index in [2.05, 4.69) is 278 Å². The molecule has 0 bridgehead atoms. The number of rotatable bonds is 9. The molecule has 1 heterocycles. The van der Waals surface area contributed by atoms with E-state index in [0.29, 0.717) is 0 Å².